The van der Waals surface area contributed by atoms with Crippen molar-refractivity contribution in [3.05, 3.63) is 0 Å². The maximum atomic E-state index is 11.9. The van der Waals surface area contributed by atoms with Crippen LogP contribution in [0.1, 0.15) is 33.1 Å². The van der Waals surface area contributed by atoms with Gasteiger partial charge in [-0.2, -0.15) is 0 Å². The fourth-order valence-electron chi connectivity index (χ4n) is 2.95. The summed E-state index contributed by atoms with van der Waals surface area (Å²) in [4.78, 5) is 36.4. The summed E-state index contributed by atoms with van der Waals surface area (Å²) in [5, 5.41) is 2.85. The Labute approximate surface area is 135 Å². The summed E-state index contributed by atoms with van der Waals surface area (Å²) >= 11 is 1.20. The highest BCUT2D eigenvalue weighted by Gasteiger charge is 2.28. The zero-order chi connectivity index (χ0) is 16.1. The highest BCUT2D eigenvalue weighted by Crippen LogP contribution is 2.29. The minimum absolute atomic E-state index is 0.0734. The van der Waals surface area contributed by atoms with Crippen molar-refractivity contribution in [3.8, 4) is 0 Å². The minimum Gasteiger partial charge on any atom is -0.454 e. The van der Waals surface area contributed by atoms with Gasteiger partial charge in [-0.3, -0.25) is 14.4 Å². The van der Waals surface area contributed by atoms with Crippen LogP contribution in [0, 0.1) is 11.8 Å². The van der Waals surface area contributed by atoms with Crippen LogP contribution >= 0.6 is 11.8 Å². The fraction of sp³-hybridized carbons (Fsp3) is 0.800. The first kappa shape index (κ1) is 17.1. The lowest BCUT2D eigenvalue weighted by molar-refractivity contribution is -0.149. The molecule has 2 aliphatic rings. The van der Waals surface area contributed by atoms with Gasteiger partial charge < -0.3 is 15.0 Å². The molecule has 0 aromatic heterocycles. The summed E-state index contributed by atoms with van der Waals surface area (Å²) in [7, 11) is 0. The van der Waals surface area contributed by atoms with Crippen molar-refractivity contribution in [2.75, 3.05) is 25.4 Å². The highest BCUT2D eigenvalue weighted by molar-refractivity contribution is 8.13. The van der Waals surface area contributed by atoms with Crippen molar-refractivity contribution >= 4 is 28.9 Å². The number of amides is 2. The molecule has 2 rings (SSSR count). The molecule has 3 atom stereocenters. The van der Waals surface area contributed by atoms with Crippen LogP contribution in [-0.4, -0.2) is 53.5 Å². The van der Waals surface area contributed by atoms with E-state index in [4.69, 9.17) is 4.74 Å². The second-order valence-electron chi connectivity index (χ2n) is 6.14. The van der Waals surface area contributed by atoms with Crippen LogP contribution in [0.5, 0.6) is 0 Å². The number of carbonyl (C=O) groups is 3. The number of thioether (sulfide) groups is 1. The molecule has 1 saturated heterocycles. The molecule has 1 saturated carbocycles. The Morgan fingerprint density at radius 2 is 2.14 bits per heavy atom. The van der Waals surface area contributed by atoms with E-state index in [1.165, 1.54) is 23.1 Å². The molecule has 0 aromatic rings. The SMILES string of the molecule is C[C@@H]1[C@H](C)CCC[C@H]1NC(=O)COC(=O)CN1CCSC1=O. The number of carbonyl (C=O) groups excluding carboxylic acids is 3. The van der Waals surface area contributed by atoms with Gasteiger partial charge in [-0.05, 0) is 18.3 Å². The number of nitrogens with one attached hydrogen (secondary N) is 1. The van der Waals surface area contributed by atoms with Crippen molar-refractivity contribution in [2.45, 2.75) is 39.2 Å². The van der Waals surface area contributed by atoms with Gasteiger partial charge in [-0.25, -0.2) is 0 Å². The van der Waals surface area contributed by atoms with Gasteiger partial charge in [0.05, 0.1) is 0 Å². The molecule has 0 unspecified atom stereocenters. The van der Waals surface area contributed by atoms with Crippen LogP contribution < -0.4 is 5.32 Å². The molecule has 1 N–H and O–H groups in total. The molecular formula is C15H24N2O4S. The monoisotopic (exact) mass is 328 g/mol. The molecule has 0 spiro atoms. The van der Waals surface area contributed by atoms with E-state index in [9.17, 15) is 14.4 Å². The van der Waals surface area contributed by atoms with E-state index in [2.05, 4.69) is 19.2 Å². The maximum Gasteiger partial charge on any atom is 0.326 e. The van der Waals surface area contributed by atoms with E-state index in [-0.39, 0.29) is 30.3 Å². The summed E-state index contributed by atoms with van der Waals surface area (Å²) in [6, 6.07) is 0.159. The molecule has 1 aliphatic heterocycles. The first-order chi connectivity index (χ1) is 10.5. The Morgan fingerprint density at radius 3 is 2.82 bits per heavy atom. The van der Waals surface area contributed by atoms with Gasteiger partial charge in [0.25, 0.3) is 11.1 Å². The predicted molar refractivity (Wildman–Crippen MR) is 84.5 cm³/mol. The Kier molecular flexibility index (Phi) is 6.11. The lowest BCUT2D eigenvalue weighted by Crippen LogP contribution is -2.45. The third-order valence-corrected chi connectivity index (χ3v) is 5.47. The average Bonchev–Trinajstić information content (AvgIpc) is 2.87. The lowest BCUT2D eigenvalue weighted by atomic mass is 9.78. The molecule has 124 valence electrons. The maximum absolute atomic E-state index is 11.9. The molecule has 1 heterocycles. The molecule has 7 heteroatoms. The third kappa shape index (κ3) is 4.63. The topological polar surface area (TPSA) is 75.7 Å². The lowest BCUT2D eigenvalue weighted by Gasteiger charge is -2.34. The molecule has 0 bridgehead atoms. The zero-order valence-electron chi connectivity index (χ0n) is 13.2. The Bertz CT molecular complexity index is 443. The van der Waals surface area contributed by atoms with Crippen molar-refractivity contribution in [1.82, 2.24) is 10.2 Å². The number of rotatable bonds is 5. The van der Waals surface area contributed by atoms with Crippen LogP contribution in [0.25, 0.3) is 0 Å². The average molecular weight is 328 g/mol. The molecule has 0 aromatic carbocycles. The van der Waals surface area contributed by atoms with E-state index >= 15 is 0 Å². The predicted octanol–water partition coefficient (Wildman–Crippen LogP) is 1.64. The molecule has 1 aliphatic carbocycles. The van der Waals surface area contributed by atoms with Gasteiger partial charge in [0.15, 0.2) is 6.61 Å². The number of ether oxygens (including phenoxy) is 1. The summed E-state index contributed by atoms with van der Waals surface area (Å²) in [6.45, 7) is 4.56. The molecule has 6 nitrogen and oxygen atoms in total. The number of nitrogens with zero attached hydrogens (tertiary/aromatic N) is 1. The van der Waals surface area contributed by atoms with Crippen LogP contribution in [0.3, 0.4) is 0 Å². The van der Waals surface area contributed by atoms with Crippen molar-refractivity contribution in [1.29, 1.82) is 0 Å². The summed E-state index contributed by atoms with van der Waals surface area (Å²) in [5.41, 5.74) is 0. The molecule has 0 radical (unpaired) electrons. The summed E-state index contributed by atoms with van der Waals surface area (Å²) in [5.74, 6) is 0.940. The Morgan fingerprint density at radius 1 is 1.36 bits per heavy atom. The van der Waals surface area contributed by atoms with Gasteiger partial charge in [0.1, 0.15) is 6.54 Å². The van der Waals surface area contributed by atoms with E-state index < -0.39 is 5.97 Å². The van der Waals surface area contributed by atoms with Crippen LogP contribution in [0.2, 0.25) is 0 Å². The highest BCUT2D eigenvalue weighted by atomic mass is 32.2. The standard InChI is InChI=1S/C15H24N2O4S/c1-10-4-3-5-12(11(10)2)16-13(18)9-21-14(19)8-17-6-7-22-15(17)20/h10-12H,3-9H2,1-2H3,(H,16,18)/t10-,11-,12-/m1/s1. The summed E-state index contributed by atoms with van der Waals surface area (Å²) < 4.78 is 4.96. The van der Waals surface area contributed by atoms with E-state index in [0.717, 1.165) is 12.8 Å². The first-order valence-corrected chi connectivity index (χ1v) is 8.82. The number of esters is 1. The largest absolute Gasteiger partial charge is 0.454 e. The van der Waals surface area contributed by atoms with Gasteiger partial charge in [-0.15, -0.1) is 0 Å². The van der Waals surface area contributed by atoms with Gasteiger partial charge >= 0.3 is 5.97 Å². The van der Waals surface area contributed by atoms with Crippen molar-refractivity contribution < 1.29 is 19.1 Å². The van der Waals surface area contributed by atoms with Crippen molar-refractivity contribution in [2.24, 2.45) is 11.8 Å². The zero-order valence-corrected chi connectivity index (χ0v) is 14.0. The molecule has 22 heavy (non-hydrogen) atoms. The van der Waals surface area contributed by atoms with Gasteiger partial charge in [0, 0.05) is 18.3 Å². The van der Waals surface area contributed by atoms with E-state index in [1.54, 1.807) is 0 Å². The van der Waals surface area contributed by atoms with Crippen molar-refractivity contribution in [3.63, 3.8) is 0 Å². The normalized spacial score (nSPS) is 28.5. The third-order valence-electron chi connectivity index (χ3n) is 4.58. The van der Waals surface area contributed by atoms with Crippen LogP contribution in [0.15, 0.2) is 0 Å². The first-order valence-electron chi connectivity index (χ1n) is 7.84. The molecule has 2 fully saturated rings. The fourth-order valence-corrected chi connectivity index (χ4v) is 3.78. The second-order valence-corrected chi connectivity index (χ2v) is 7.18. The summed E-state index contributed by atoms with van der Waals surface area (Å²) in [6.07, 6.45) is 3.29. The smallest absolute Gasteiger partial charge is 0.326 e. The van der Waals surface area contributed by atoms with Gasteiger partial charge in [-0.1, -0.05) is 38.5 Å². The van der Waals surface area contributed by atoms with E-state index in [1.807, 2.05) is 0 Å². The van der Waals surface area contributed by atoms with Crippen LogP contribution in [0.4, 0.5) is 4.79 Å². The van der Waals surface area contributed by atoms with E-state index in [0.29, 0.717) is 24.1 Å². The second kappa shape index (κ2) is 7.85. The van der Waals surface area contributed by atoms with Gasteiger partial charge in [0.2, 0.25) is 0 Å². The number of hydrogen-bond donors (Lipinski definition) is 1. The molecule has 2 amide bonds. The Balaban J connectivity index is 1.68. The minimum atomic E-state index is -0.531. The molecular weight excluding hydrogens is 304 g/mol. The Hall–Kier alpha value is -1.24. The number of hydrogen-bond acceptors (Lipinski definition) is 5. The quantitative estimate of drug-likeness (QED) is 0.777. The van der Waals surface area contributed by atoms with Crippen LogP contribution in [-0.2, 0) is 14.3 Å².